The van der Waals surface area contributed by atoms with Crippen LogP contribution in [0.5, 0.6) is 5.88 Å². The Hall–Kier alpha value is -2.15. The van der Waals surface area contributed by atoms with E-state index in [0.29, 0.717) is 11.9 Å². The highest BCUT2D eigenvalue weighted by atomic mass is 16.5. The van der Waals surface area contributed by atoms with Gasteiger partial charge in [0.2, 0.25) is 11.8 Å². The minimum absolute atomic E-state index is 0.425. The zero-order chi connectivity index (χ0) is 17.1. The van der Waals surface area contributed by atoms with E-state index >= 15 is 0 Å². The Kier molecular flexibility index (Phi) is 4.83. The molecule has 2 aliphatic rings. The number of piperidine rings is 1. The molecule has 3 heterocycles. The monoisotopic (exact) mass is 343 g/mol. The molecular formula is C18H25N5O2. The Bertz CT molecular complexity index is 686. The van der Waals surface area contributed by atoms with Crippen LogP contribution in [0.2, 0.25) is 0 Å². The van der Waals surface area contributed by atoms with Crippen molar-refractivity contribution < 1.29 is 9.15 Å². The highest BCUT2D eigenvalue weighted by Crippen LogP contribution is 2.23. The predicted octanol–water partition coefficient (Wildman–Crippen LogP) is 2.43. The van der Waals surface area contributed by atoms with E-state index in [-0.39, 0.29) is 0 Å². The maximum atomic E-state index is 5.96. The number of oxazole rings is 1. The molecule has 7 heteroatoms. The molecule has 0 unspecified atom stereocenters. The molecule has 7 nitrogen and oxygen atoms in total. The van der Waals surface area contributed by atoms with Gasteiger partial charge in [-0.3, -0.25) is 4.90 Å². The van der Waals surface area contributed by atoms with E-state index in [1.807, 2.05) is 6.07 Å². The van der Waals surface area contributed by atoms with Crippen LogP contribution in [0.4, 0.5) is 5.82 Å². The Labute approximate surface area is 147 Å². The van der Waals surface area contributed by atoms with E-state index in [1.165, 1.54) is 24.9 Å². The molecule has 1 N–H and O–H groups in total. The van der Waals surface area contributed by atoms with Gasteiger partial charge in [-0.05, 0) is 32.1 Å². The van der Waals surface area contributed by atoms with Crippen LogP contribution in [0.15, 0.2) is 16.8 Å². The minimum atomic E-state index is 0.425. The molecule has 25 heavy (non-hydrogen) atoms. The lowest BCUT2D eigenvalue weighted by atomic mass is 10.0. The molecule has 0 bridgehead atoms. The van der Waals surface area contributed by atoms with E-state index in [2.05, 4.69) is 20.2 Å². The molecule has 4 rings (SSSR count). The van der Waals surface area contributed by atoms with Gasteiger partial charge in [0, 0.05) is 31.6 Å². The lowest BCUT2D eigenvalue weighted by Crippen LogP contribution is -2.38. The highest BCUT2D eigenvalue weighted by Gasteiger charge is 2.23. The van der Waals surface area contributed by atoms with Crippen LogP contribution in [-0.4, -0.2) is 46.1 Å². The summed E-state index contributed by atoms with van der Waals surface area (Å²) in [7, 11) is 1.62. The number of aryl methyl sites for hydroxylation is 2. The number of nitrogens with one attached hydrogen (secondary N) is 1. The van der Waals surface area contributed by atoms with Gasteiger partial charge in [0.1, 0.15) is 17.9 Å². The van der Waals surface area contributed by atoms with Gasteiger partial charge in [0.15, 0.2) is 0 Å². The van der Waals surface area contributed by atoms with Gasteiger partial charge >= 0.3 is 0 Å². The largest absolute Gasteiger partial charge is 0.481 e. The summed E-state index contributed by atoms with van der Waals surface area (Å²) >= 11 is 0. The number of hydrogen-bond acceptors (Lipinski definition) is 7. The summed E-state index contributed by atoms with van der Waals surface area (Å²) in [5.41, 5.74) is 1.19. The van der Waals surface area contributed by atoms with E-state index in [1.54, 1.807) is 7.11 Å². The van der Waals surface area contributed by atoms with Crippen molar-refractivity contribution >= 4 is 5.82 Å². The average molecular weight is 343 g/mol. The van der Waals surface area contributed by atoms with Gasteiger partial charge in [-0.15, -0.1) is 0 Å². The lowest BCUT2D eigenvalue weighted by molar-refractivity contribution is 0.192. The summed E-state index contributed by atoms with van der Waals surface area (Å²) in [6.07, 6.45) is 8.28. The van der Waals surface area contributed by atoms with Gasteiger partial charge in [-0.1, -0.05) is 0 Å². The third kappa shape index (κ3) is 3.92. The SMILES string of the molecule is COc1cc(NC2CCN(Cc3nc4c(o3)CCCC4)CC2)ncn1. The summed E-state index contributed by atoms with van der Waals surface area (Å²) in [5.74, 6) is 3.42. The molecule has 2 aromatic heterocycles. The lowest BCUT2D eigenvalue weighted by Gasteiger charge is -2.31. The van der Waals surface area contributed by atoms with Crippen LogP contribution in [-0.2, 0) is 19.4 Å². The molecule has 1 saturated heterocycles. The first-order chi connectivity index (χ1) is 12.3. The number of hydrogen-bond donors (Lipinski definition) is 1. The normalized spacial score (nSPS) is 18.8. The summed E-state index contributed by atoms with van der Waals surface area (Å²) < 4.78 is 11.1. The van der Waals surface area contributed by atoms with Crippen molar-refractivity contribution in [2.75, 3.05) is 25.5 Å². The Morgan fingerprint density at radius 3 is 2.88 bits per heavy atom. The molecule has 1 aliphatic carbocycles. The number of likely N-dealkylation sites (tertiary alicyclic amines) is 1. The van der Waals surface area contributed by atoms with Crippen molar-refractivity contribution in [1.29, 1.82) is 0 Å². The zero-order valence-electron chi connectivity index (χ0n) is 14.7. The highest BCUT2D eigenvalue weighted by molar-refractivity contribution is 5.38. The zero-order valence-corrected chi connectivity index (χ0v) is 14.7. The maximum Gasteiger partial charge on any atom is 0.218 e. The summed E-state index contributed by atoms with van der Waals surface area (Å²) in [6, 6.07) is 2.26. The molecule has 134 valence electrons. The average Bonchev–Trinajstić information content (AvgIpc) is 3.06. The van der Waals surface area contributed by atoms with Crippen LogP contribution < -0.4 is 10.1 Å². The number of aromatic nitrogens is 3. The first kappa shape index (κ1) is 16.3. The van der Waals surface area contributed by atoms with Crippen LogP contribution in [0.1, 0.15) is 43.0 Å². The fraction of sp³-hybridized carbons (Fsp3) is 0.611. The second kappa shape index (κ2) is 7.39. The molecule has 0 atom stereocenters. The molecule has 0 amide bonds. The van der Waals surface area contributed by atoms with Gasteiger partial charge in [-0.2, -0.15) is 0 Å². The Morgan fingerprint density at radius 2 is 2.08 bits per heavy atom. The minimum Gasteiger partial charge on any atom is -0.481 e. The Balaban J connectivity index is 1.28. The van der Waals surface area contributed by atoms with Gasteiger partial charge < -0.3 is 14.5 Å². The van der Waals surface area contributed by atoms with Crippen LogP contribution in [0.25, 0.3) is 0 Å². The second-order valence-electron chi connectivity index (χ2n) is 6.82. The number of methoxy groups -OCH3 is 1. The molecule has 1 aliphatic heterocycles. The van der Waals surface area contributed by atoms with E-state index < -0.39 is 0 Å². The van der Waals surface area contributed by atoms with Crippen molar-refractivity contribution in [3.8, 4) is 5.88 Å². The van der Waals surface area contributed by atoms with E-state index in [9.17, 15) is 0 Å². The molecule has 0 radical (unpaired) electrons. The van der Waals surface area contributed by atoms with Gasteiger partial charge in [-0.25, -0.2) is 15.0 Å². The standard InChI is InChI=1S/C18H25N5O2/c1-24-17-10-16(19-12-20-17)21-13-6-8-23(9-7-13)11-18-22-14-4-2-3-5-15(14)25-18/h10,12-13H,2-9,11H2,1H3,(H,19,20,21). The smallest absolute Gasteiger partial charge is 0.218 e. The van der Waals surface area contributed by atoms with Gasteiger partial charge in [0.05, 0.1) is 19.3 Å². The van der Waals surface area contributed by atoms with Crippen molar-refractivity contribution in [1.82, 2.24) is 19.9 Å². The first-order valence-electron chi connectivity index (χ1n) is 9.12. The fourth-order valence-corrected chi connectivity index (χ4v) is 3.64. The number of anilines is 1. The summed E-state index contributed by atoms with van der Waals surface area (Å²) in [5, 5.41) is 3.48. The topological polar surface area (TPSA) is 76.3 Å². The van der Waals surface area contributed by atoms with Crippen molar-refractivity contribution in [2.24, 2.45) is 0 Å². The summed E-state index contributed by atoms with van der Waals surface area (Å²) in [4.78, 5) is 15.4. The third-order valence-electron chi connectivity index (χ3n) is 5.04. The number of ether oxygens (including phenoxy) is 1. The molecule has 0 spiro atoms. The number of nitrogens with zero attached hydrogens (tertiary/aromatic N) is 4. The Morgan fingerprint density at radius 1 is 1.24 bits per heavy atom. The van der Waals surface area contributed by atoms with Gasteiger partial charge in [0.25, 0.3) is 0 Å². The van der Waals surface area contributed by atoms with Crippen molar-refractivity contribution in [3.05, 3.63) is 29.7 Å². The number of rotatable bonds is 5. The summed E-state index contributed by atoms with van der Waals surface area (Å²) in [6.45, 7) is 2.89. The van der Waals surface area contributed by atoms with E-state index in [0.717, 1.165) is 62.8 Å². The number of fused-ring (bicyclic) bond motifs is 1. The quantitative estimate of drug-likeness (QED) is 0.893. The fourth-order valence-electron chi connectivity index (χ4n) is 3.64. The molecule has 0 aromatic carbocycles. The molecular weight excluding hydrogens is 318 g/mol. The van der Waals surface area contributed by atoms with E-state index in [4.69, 9.17) is 14.1 Å². The van der Waals surface area contributed by atoms with Crippen LogP contribution in [0.3, 0.4) is 0 Å². The molecule has 0 saturated carbocycles. The first-order valence-corrected chi connectivity index (χ1v) is 9.12. The molecule has 2 aromatic rings. The third-order valence-corrected chi connectivity index (χ3v) is 5.04. The van der Waals surface area contributed by atoms with Crippen LogP contribution >= 0.6 is 0 Å². The van der Waals surface area contributed by atoms with Crippen molar-refractivity contribution in [2.45, 2.75) is 51.1 Å². The maximum absolute atomic E-state index is 5.96. The van der Waals surface area contributed by atoms with Crippen LogP contribution in [0, 0.1) is 0 Å². The molecule has 1 fully saturated rings. The van der Waals surface area contributed by atoms with Crippen molar-refractivity contribution in [3.63, 3.8) is 0 Å². The second-order valence-corrected chi connectivity index (χ2v) is 6.82. The predicted molar refractivity (Wildman–Crippen MR) is 93.7 cm³/mol.